The molecule has 8 aliphatic rings. The lowest BCUT2D eigenvalue weighted by Crippen LogP contribution is -2.58. The number of carbonyl (C=O) groups excluding carboxylic acids is 4. The van der Waals surface area contributed by atoms with Crippen LogP contribution in [0, 0.1) is 70.0 Å². The van der Waals surface area contributed by atoms with E-state index in [0.29, 0.717) is 53.2 Å². The molecule has 5 saturated carbocycles. The number of carbonyl (C=O) groups is 4. The molecule has 0 aromatic carbocycles. The zero-order chi connectivity index (χ0) is 36.0. The van der Waals surface area contributed by atoms with Crippen molar-refractivity contribution in [1.29, 1.82) is 0 Å². The molecule has 12 unspecified atom stereocenters. The Morgan fingerprint density at radius 2 is 1.50 bits per heavy atom. The molecule has 0 aromatic heterocycles. The van der Waals surface area contributed by atoms with Crippen LogP contribution in [0.3, 0.4) is 0 Å². The van der Waals surface area contributed by atoms with Crippen molar-refractivity contribution in [1.82, 2.24) is 0 Å². The summed E-state index contributed by atoms with van der Waals surface area (Å²) in [4.78, 5) is 48.4. The topological polar surface area (TPSA) is 97.7 Å². The first-order valence-corrected chi connectivity index (χ1v) is 19.7. The van der Waals surface area contributed by atoms with Crippen LogP contribution >= 0.6 is 11.6 Å². The molecule has 50 heavy (non-hydrogen) atoms. The Morgan fingerprint density at radius 3 is 2.20 bits per heavy atom. The Bertz CT molecular complexity index is 1650. The summed E-state index contributed by atoms with van der Waals surface area (Å²) in [7, 11) is 0. The number of terminal acetylenes is 1. The molecule has 0 aromatic rings. The predicted octanol–water partition coefficient (Wildman–Crippen LogP) is 8.24. The standard InChI is InChI=1S/C23H29ClO4.C20H26O2/c1-13(25)23(28-14(2)26)10-7-18-16-12-20(24)19-11-15(27)5-8-21(19,3)17(16)6-9-22(18,23)4;1-3-20(22)11-9-18-17-6-4-13-12-14(21)5-7-15(13)16(17)8-10-19(18,20)2/h11-12,16-18H,5-10H2,1-4H3;1,12,15-18,22H,4-11H2,2H3. The van der Waals surface area contributed by atoms with Gasteiger partial charge in [0.1, 0.15) is 5.60 Å². The van der Waals surface area contributed by atoms with Crippen molar-refractivity contribution in [3.05, 3.63) is 34.4 Å². The van der Waals surface area contributed by atoms with E-state index >= 15 is 0 Å². The van der Waals surface area contributed by atoms with Crippen molar-refractivity contribution >= 4 is 34.9 Å². The van der Waals surface area contributed by atoms with Gasteiger partial charge >= 0.3 is 5.97 Å². The fraction of sp³-hybridized carbons (Fsp3) is 0.721. The molecule has 7 heteroatoms. The predicted molar refractivity (Wildman–Crippen MR) is 192 cm³/mol. The molecular weight excluding hydrogens is 648 g/mol. The van der Waals surface area contributed by atoms with Crippen LogP contribution in [0.25, 0.3) is 0 Å². The Labute approximate surface area is 303 Å². The van der Waals surface area contributed by atoms with Gasteiger partial charge in [0.25, 0.3) is 0 Å². The zero-order valence-electron chi connectivity index (χ0n) is 30.6. The first-order valence-electron chi connectivity index (χ1n) is 19.3. The number of ether oxygens (including phenoxy) is 1. The van der Waals surface area contributed by atoms with Crippen molar-refractivity contribution in [2.75, 3.05) is 0 Å². The molecule has 8 rings (SSSR count). The van der Waals surface area contributed by atoms with E-state index in [0.717, 1.165) is 76.2 Å². The van der Waals surface area contributed by atoms with Crippen molar-refractivity contribution in [2.24, 2.45) is 57.7 Å². The second-order valence-corrected chi connectivity index (χ2v) is 18.4. The van der Waals surface area contributed by atoms with Gasteiger partial charge in [-0.1, -0.05) is 49.9 Å². The molecule has 1 N–H and O–H groups in total. The van der Waals surface area contributed by atoms with Gasteiger partial charge in [-0.15, -0.1) is 6.42 Å². The highest BCUT2D eigenvalue weighted by Gasteiger charge is 2.68. The minimum atomic E-state index is -1.03. The van der Waals surface area contributed by atoms with E-state index in [-0.39, 0.29) is 45.6 Å². The summed E-state index contributed by atoms with van der Waals surface area (Å²) >= 11 is 6.71. The lowest BCUT2D eigenvalue weighted by atomic mass is 9.48. The minimum Gasteiger partial charge on any atom is -0.451 e. The summed E-state index contributed by atoms with van der Waals surface area (Å²) in [6.45, 7) is 9.56. The van der Waals surface area contributed by atoms with E-state index in [4.69, 9.17) is 22.8 Å². The molecule has 6 nitrogen and oxygen atoms in total. The Morgan fingerprint density at radius 1 is 0.820 bits per heavy atom. The number of Topliss-reactive ketones (excluding diaryl/α,β-unsaturated/α-hetero) is 1. The third-order valence-corrected chi connectivity index (χ3v) is 16.6. The van der Waals surface area contributed by atoms with Crippen LogP contribution in [0.1, 0.15) is 125 Å². The molecule has 12 atom stereocenters. The molecular formula is C43H55ClO6. The Hall–Kier alpha value is -2.49. The minimum absolute atomic E-state index is 0.0490. The first-order chi connectivity index (χ1) is 23.5. The highest BCUT2D eigenvalue weighted by atomic mass is 35.5. The number of ketones is 3. The number of hydrogen-bond donors (Lipinski definition) is 1. The summed E-state index contributed by atoms with van der Waals surface area (Å²) in [6.07, 6.45) is 24.2. The number of fused-ring (bicyclic) bond motifs is 10. The quantitative estimate of drug-likeness (QED) is 0.230. The Balaban J connectivity index is 0.000000161. The smallest absolute Gasteiger partial charge is 0.303 e. The van der Waals surface area contributed by atoms with Gasteiger partial charge in [-0.25, -0.2) is 0 Å². The molecule has 5 fully saturated rings. The molecule has 0 radical (unpaired) electrons. The van der Waals surface area contributed by atoms with E-state index in [1.807, 2.05) is 6.08 Å². The average Bonchev–Trinajstić information content (AvgIpc) is 3.52. The number of halogens is 1. The number of aliphatic hydroxyl groups is 1. The van der Waals surface area contributed by atoms with Gasteiger partial charge < -0.3 is 9.84 Å². The molecule has 0 amide bonds. The van der Waals surface area contributed by atoms with Crippen LogP contribution in [0.4, 0.5) is 0 Å². The van der Waals surface area contributed by atoms with Gasteiger partial charge in [0.2, 0.25) is 0 Å². The van der Waals surface area contributed by atoms with E-state index in [1.54, 1.807) is 13.0 Å². The molecule has 0 spiro atoms. The van der Waals surface area contributed by atoms with Crippen LogP contribution in [0.15, 0.2) is 34.4 Å². The first kappa shape index (κ1) is 35.9. The molecule has 8 aliphatic carbocycles. The molecule has 0 bridgehead atoms. The molecule has 0 heterocycles. The largest absolute Gasteiger partial charge is 0.451 e. The Kier molecular flexibility index (Phi) is 8.83. The SMILES string of the molecule is C#CC1(O)CCC2C3CCC4=CC(=O)CCC4C3CCC21C.CC(=O)OC1(C(C)=O)CCC2C3C=C(Cl)C4=CC(=O)CCC4(C)C3CCC21C. The van der Waals surface area contributed by atoms with Crippen LogP contribution in [-0.2, 0) is 23.9 Å². The highest BCUT2D eigenvalue weighted by Crippen LogP contribution is 2.68. The maximum atomic E-state index is 12.7. The molecule has 270 valence electrons. The van der Waals surface area contributed by atoms with Gasteiger partial charge in [0, 0.05) is 35.6 Å². The fourth-order valence-corrected chi connectivity index (χ4v) is 14.0. The van der Waals surface area contributed by atoms with Gasteiger partial charge in [0.15, 0.2) is 23.0 Å². The summed E-state index contributed by atoms with van der Waals surface area (Å²) < 4.78 is 5.79. The third-order valence-electron chi connectivity index (χ3n) is 16.3. The summed E-state index contributed by atoms with van der Waals surface area (Å²) in [5.74, 6) is 6.24. The van der Waals surface area contributed by atoms with E-state index in [9.17, 15) is 24.3 Å². The van der Waals surface area contributed by atoms with Gasteiger partial charge in [-0.05, 0) is 149 Å². The van der Waals surface area contributed by atoms with Crippen LogP contribution in [-0.4, -0.2) is 39.6 Å². The van der Waals surface area contributed by atoms with Crippen molar-refractivity contribution in [2.45, 2.75) is 136 Å². The average molecular weight is 703 g/mol. The maximum absolute atomic E-state index is 12.7. The van der Waals surface area contributed by atoms with E-state index < -0.39 is 11.2 Å². The van der Waals surface area contributed by atoms with E-state index in [2.05, 4.69) is 32.8 Å². The maximum Gasteiger partial charge on any atom is 0.303 e. The summed E-state index contributed by atoms with van der Waals surface area (Å²) in [5.41, 5.74) is -0.113. The monoisotopic (exact) mass is 702 g/mol. The lowest BCUT2D eigenvalue weighted by Gasteiger charge is -2.57. The van der Waals surface area contributed by atoms with E-state index in [1.165, 1.54) is 18.9 Å². The normalized spacial score (nSPS) is 47.2. The van der Waals surface area contributed by atoms with Crippen LogP contribution in [0.5, 0.6) is 0 Å². The lowest BCUT2D eigenvalue weighted by molar-refractivity contribution is -0.185. The number of allylic oxidation sites excluding steroid dienone is 5. The fourth-order valence-electron chi connectivity index (χ4n) is 13.6. The third kappa shape index (κ3) is 5.06. The number of hydrogen-bond acceptors (Lipinski definition) is 6. The van der Waals surface area contributed by atoms with Gasteiger partial charge in [0.05, 0.1) is 0 Å². The van der Waals surface area contributed by atoms with Gasteiger partial charge in [-0.3, -0.25) is 19.2 Å². The highest BCUT2D eigenvalue weighted by molar-refractivity contribution is 6.32. The van der Waals surface area contributed by atoms with Gasteiger partial charge in [-0.2, -0.15) is 0 Å². The van der Waals surface area contributed by atoms with Crippen LogP contribution < -0.4 is 0 Å². The van der Waals surface area contributed by atoms with Crippen LogP contribution in [0.2, 0.25) is 0 Å². The zero-order valence-corrected chi connectivity index (χ0v) is 31.4. The van der Waals surface area contributed by atoms with Crippen molar-refractivity contribution in [3.8, 4) is 12.3 Å². The number of esters is 1. The second-order valence-electron chi connectivity index (χ2n) is 18.0. The van der Waals surface area contributed by atoms with Crippen molar-refractivity contribution in [3.63, 3.8) is 0 Å². The molecule has 0 aliphatic heterocycles. The van der Waals surface area contributed by atoms with Crippen molar-refractivity contribution < 1.29 is 29.0 Å². The summed E-state index contributed by atoms with van der Waals surface area (Å²) in [5, 5.41) is 11.6. The number of rotatable bonds is 2. The molecule has 0 saturated heterocycles. The second kappa shape index (κ2) is 12.3. The summed E-state index contributed by atoms with van der Waals surface area (Å²) in [6, 6.07) is 0.